The van der Waals surface area contributed by atoms with Gasteiger partial charge in [0.1, 0.15) is 0 Å². The normalized spacial score (nSPS) is 10.3. The van der Waals surface area contributed by atoms with Crippen molar-refractivity contribution in [1.82, 2.24) is 0 Å². The maximum Gasteiger partial charge on any atom is 0.335 e. The Morgan fingerprint density at radius 1 is 1.09 bits per heavy atom. The SMILES string of the molecule is Cc1cc(N(C)C(=O)CCc2ccccc2)ccc1C(=O)O. The van der Waals surface area contributed by atoms with Crippen molar-refractivity contribution >= 4 is 17.6 Å². The number of aryl methyl sites for hydroxylation is 2. The molecular formula is C18H19NO3. The zero-order chi connectivity index (χ0) is 16.1. The van der Waals surface area contributed by atoms with E-state index in [0.29, 0.717) is 24.1 Å². The number of rotatable bonds is 5. The Morgan fingerprint density at radius 3 is 2.36 bits per heavy atom. The minimum atomic E-state index is -0.956. The fourth-order valence-corrected chi connectivity index (χ4v) is 2.30. The Hall–Kier alpha value is -2.62. The topological polar surface area (TPSA) is 57.6 Å². The van der Waals surface area contributed by atoms with Gasteiger partial charge in [0, 0.05) is 19.2 Å². The molecule has 2 aromatic rings. The average molecular weight is 297 g/mol. The summed E-state index contributed by atoms with van der Waals surface area (Å²) in [6.07, 6.45) is 1.11. The van der Waals surface area contributed by atoms with E-state index < -0.39 is 5.97 Å². The Morgan fingerprint density at radius 2 is 1.77 bits per heavy atom. The molecule has 0 heterocycles. The van der Waals surface area contributed by atoms with E-state index in [0.717, 1.165) is 5.56 Å². The van der Waals surface area contributed by atoms with Crippen molar-refractivity contribution in [3.05, 3.63) is 65.2 Å². The van der Waals surface area contributed by atoms with Gasteiger partial charge in [0.05, 0.1) is 5.56 Å². The highest BCUT2D eigenvalue weighted by atomic mass is 16.4. The summed E-state index contributed by atoms with van der Waals surface area (Å²) in [6.45, 7) is 1.73. The Kier molecular flexibility index (Phi) is 4.94. The molecule has 0 radical (unpaired) electrons. The van der Waals surface area contributed by atoms with Gasteiger partial charge in [-0.25, -0.2) is 4.79 Å². The van der Waals surface area contributed by atoms with E-state index in [1.165, 1.54) is 6.07 Å². The molecule has 0 aliphatic heterocycles. The molecule has 4 heteroatoms. The molecule has 2 aromatic carbocycles. The van der Waals surface area contributed by atoms with E-state index >= 15 is 0 Å². The van der Waals surface area contributed by atoms with Crippen LogP contribution in [-0.2, 0) is 11.2 Å². The molecule has 0 atom stereocenters. The van der Waals surface area contributed by atoms with Crippen molar-refractivity contribution in [2.75, 3.05) is 11.9 Å². The monoisotopic (exact) mass is 297 g/mol. The number of aromatic carboxylic acids is 1. The first-order valence-electron chi connectivity index (χ1n) is 7.13. The van der Waals surface area contributed by atoms with E-state index in [9.17, 15) is 9.59 Å². The first-order valence-corrected chi connectivity index (χ1v) is 7.13. The molecule has 22 heavy (non-hydrogen) atoms. The maximum absolute atomic E-state index is 12.3. The largest absolute Gasteiger partial charge is 0.478 e. The molecule has 114 valence electrons. The fraction of sp³-hybridized carbons (Fsp3) is 0.222. The van der Waals surface area contributed by atoms with Crippen LogP contribution in [0.4, 0.5) is 5.69 Å². The van der Waals surface area contributed by atoms with E-state index in [2.05, 4.69) is 0 Å². The molecule has 2 rings (SSSR count). The molecule has 1 N–H and O–H groups in total. The number of hydrogen-bond acceptors (Lipinski definition) is 2. The van der Waals surface area contributed by atoms with Crippen molar-refractivity contribution in [3.63, 3.8) is 0 Å². The van der Waals surface area contributed by atoms with Crippen LogP contribution in [0.1, 0.15) is 27.9 Å². The van der Waals surface area contributed by atoms with Crippen molar-refractivity contribution in [1.29, 1.82) is 0 Å². The highest BCUT2D eigenvalue weighted by Crippen LogP contribution is 2.19. The first-order chi connectivity index (χ1) is 10.5. The number of benzene rings is 2. The lowest BCUT2D eigenvalue weighted by Gasteiger charge is -2.18. The number of carboxylic acid groups (broad SMARTS) is 1. The van der Waals surface area contributed by atoms with Crippen LogP contribution in [0.15, 0.2) is 48.5 Å². The van der Waals surface area contributed by atoms with Gasteiger partial charge in [-0.05, 0) is 42.7 Å². The third-order valence-electron chi connectivity index (χ3n) is 3.67. The first kappa shape index (κ1) is 15.8. The molecule has 0 saturated carbocycles. The summed E-state index contributed by atoms with van der Waals surface area (Å²) in [4.78, 5) is 24.8. The molecule has 0 aromatic heterocycles. The van der Waals surface area contributed by atoms with Crippen LogP contribution in [0.3, 0.4) is 0 Å². The lowest BCUT2D eigenvalue weighted by molar-refractivity contribution is -0.118. The maximum atomic E-state index is 12.3. The molecule has 0 unspecified atom stereocenters. The van der Waals surface area contributed by atoms with Crippen molar-refractivity contribution in [2.24, 2.45) is 0 Å². The molecule has 0 bridgehead atoms. The number of amides is 1. The average Bonchev–Trinajstić information content (AvgIpc) is 2.52. The second kappa shape index (κ2) is 6.89. The van der Waals surface area contributed by atoms with Crippen molar-refractivity contribution < 1.29 is 14.7 Å². The van der Waals surface area contributed by atoms with E-state index in [4.69, 9.17) is 5.11 Å². The zero-order valence-corrected chi connectivity index (χ0v) is 12.7. The van der Waals surface area contributed by atoms with Gasteiger partial charge in [-0.3, -0.25) is 4.79 Å². The van der Waals surface area contributed by atoms with Crippen LogP contribution in [0.5, 0.6) is 0 Å². The minimum Gasteiger partial charge on any atom is -0.478 e. The van der Waals surface area contributed by atoms with E-state index in [1.54, 1.807) is 31.0 Å². The summed E-state index contributed by atoms with van der Waals surface area (Å²) in [5.74, 6) is -0.951. The molecule has 0 aliphatic rings. The lowest BCUT2D eigenvalue weighted by Crippen LogP contribution is -2.26. The van der Waals surface area contributed by atoms with Gasteiger partial charge in [-0.15, -0.1) is 0 Å². The summed E-state index contributed by atoms with van der Waals surface area (Å²) >= 11 is 0. The second-order valence-electron chi connectivity index (χ2n) is 5.24. The highest BCUT2D eigenvalue weighted by Gasteiger charge is 2.13. The third-order valence-corrected chi connectivity index (χ3v) is 3.67. The number of hydrogen-bond donors (Lipinski definition) is 1. The number of carbonyl (C=O) groups is 2. The van der Waals surface area contributed by atoms with Crippen LogP contribution in [-0.4, -0.2) is 24.0 Å². The summed E-state index contributed by atoms with van der Waals surface area (Å²) in [5.41, 5.74) is 2.74. The molecule has 0 aliphatic carbocycles. The molecule has 1 amide bonds. The van der Waals surface area contributed by atoms with Crippen LogP contribution >= 0.6 is 0 Å². The smallest absolute Gasteiger partial charge is 0.335 e. The summed E-state index contributed by atoms with van der Waals surface area (Å²) in [7, 11) is 1.71. The summed E-state index contributed by atoms with van der Waals surface area (Å²) < 4.78 is 0. The number of anilines is 1. The Balaban J connectivity index is 2.04. The standard InChI is InChI=1S/C18H19NO3/c1-13-12-15(9-10-16(13)18(21)22)19(2)17(20)11-8-14-6-4-3-5-7-14/h3-7,9-10,12H,8,11H2,1-2H3,(H,21,22). The van der Waals surface area contributed by atoms with Crippen LogP contribution < -0.4 is 4.90 Å². The predicted molar refractivity (Wildman–Crippen MR) is 86.3 cm³/mol. The molecular weight excluding hydrogens is 278 g/mol. The van der Waals surface area contributed by atoms with Crippen molar-refractivity contribution in [3.8, 4) is 0 Å². The summed E-state index contributed by atoms with van der Waals surface area (Å²) in [6, 6.07) is 14.8. The molecule has 0 spiro atoms. The van der Waals surface area contributed by atoms with Gasteiger partial charge in [0.2, 0.25) is 5.91 Å². The Bertz CT molecular complexity index is 680. The van der Waals surface area contributed by atoms with Gasteiger partial charge in [0.25, 0.3) is 0 Å². The van der Waals surface area contributed by atoms with Gasteiger partial charge in [0.15, 0.2) is 0 Å². The van der Waals surface area contributed by atoms with Crippen LogP contribution in [0, 0.1) is 6.92 Å². The fourth-order valence-electron chi connectivity index (χ4n) is 2.30. The van der Waals surface area contributed by atoms with Crippen LogP contribution in [0.2, 0.25) is 0 Å². The number of carboxylic acids is 1. The molecule has 0 fully saturated rings. The number of nitrogens with zero attached hydrogens (tertiary/aromatic N) is 1. The van der Waals surface area contributed by atoms with Gasteiger partial charge >= 0.3 is 5.97 Å². The van der Waals surface area contributed by atoms with Crippen LogP contribution in [0.25, 0.3) is 0 Å². The molecule has 0 saturated heterocycles. The van der Waals surface area contributed by atoms with Gasteiger partial charge in [-0.2, -0.15) is 0 Å². The summed E-state index contributed by atoms with van der Waals surface area (Å²) in [5, 5.41) is 9.03. The highest BCUT2D eigenvalue weighted by molar-refractivity contribution is 5.94. The predicted octanol–water partition coefficient (Wildman–Crippen LogP) is 3.29. The third kappa shape index (κ3) is 3.73. The van der Waals surface area contributed by atoms with E-state index in [1.807, 2.05) is 30.3 Å². The van der Waals surface area contributed by atoms with Gasteiger partial charge in [-0.1, -0.05) is 30.3 Å². The second-order valence-corrected chi connectivity index (χ2v) is 5.24. The lowest BCUT2D eigenvalue weighted by atomic mass is 10.1. The molecule has 4 nitrogen and oxygen atoms in total. The number of carbonyl (C=O) groups excluding carboxylic acids is 1. The van der Waals surface area contributed by atoms with E-state index in [-0.39, 0.29) is 11.5 Å². The van der Waals surface area contributed by atoms with Crippen molar-refractivity contribution in [2.45, 2.75) is 19.8 Å². The minimum absolute atomic E-state index is 0.00586. The Labute approximate surface area is 130 Å². The van der Waals surface area contributed by atoms with Gasteiger partial charge < -0.3 is 10.0 Å². The zero-order valence-electron chi connectivity index (χ0n) is 12.7. The quantitative estimate of drug-likeness (QED) is 0.921.